The van der Waals surface area contributed by atoms with Gasteiger partial charge in [-0.05, 0) is 42.2 Å². The van der Waals surface area contributed by atoms with Crippen LogP contribution in [0.2, 0.25) is 0 Å². The molecule has 116 valence electrons. The van der Waals surface area contributed by atoms with Gasteiger partial charge in [-0.2, -0.15) is 0 Å². The first-order chi connectivity index (χ1) is 8.20. The van der Waals surface area contributed by atoms with Crippen molar-refractivity contribution in [2.24, 2.45) is 22.7 Å². The van der Waals surface area contributed by atoms with E-state index in [2.05, 4.69) is 55.4 Å². The number of hydrogen-bond donors (Lipinski definition) is 0. The minimum atomic E-state index is -1.98. The molecule has 0 fully saturated rings. The standard InChI is InChI=1S/C17H37OP/c1-14(10-16(3,4)5)12-19(9,18)13-15(2)11-17(6,7)8/h14-15H,10-13H2,1-9H3. The second-order valence-electron chi connectivity index (χ2n) is 9.40. The summed E-state index contributed by atoms with van der Waals surface area (Å²) in [5, 5.41) is 0. The van der Waals surface area contributed by atoms with Gasteiger partial charge < -0.3 is 4.57 Å². The van der Waals surface area contributed by atoms with Crippen molar-refractivity contribution in [2.45, 2.75) is 68.2 Å². The summed E-state index contributed by atoms with van der Waals surface area (Å²) in [6, 6.07) is 0. The van der Waals surface area contributed by atoms with Crippen LogP contribution in [0.25, 0.3) is 0 Å². The summed E-state index contributed by atoms with van der Waals surface area (Å²) in [5.74, 6) is 1.13. The van der Waals surface area contributed by atoms with E-state index in [1.165, 1.54) is 12.8 Å². The molecule has 0 rings (SSSR count). The van der Waals surface area contributed by atoms with Gasteiger partial charge in [0.05, 0.1) is 7.14 Å². The van der Waals surface area contributed by atoms with Crippen molar-refractivity contribution in [1.82, 2.24) is 0 Å². The molecule has 0 aliphatic heterocycles. The Labute approximate surface area is 122 Å². The van der Waals surface area contributed by atoms with Crippen LogP contribution in [0.1, 0.15) is 68.2 Å². The van der Waals surface area contributed by atoms with Crippen LogP contribution < -0.4 is 0 Å². The molecule has 0 amide bonds. The lowest BCUT2D eigenvalue weighted by molar-refractivity contribution is 0.316. The van der Waals surface area contributed by atoms with Crippen LogP contribution in [0.5, 0.6) is 0 Å². The summed E-state index contributed by atoms with van der Waals surface area (Å²) in [5.41, 5.74) is 0.687. The van der Waals surface area contributed by atoms with E-state index in [-0.39, 0.29) is 0 Å². The Morgan fingerprint density at radius 3 is 1.26 bits per heavy atom. The molecular weight excluding hydrogens is 251 g/mol. The fourth-order valence-corrected chi connectivity index (χ4v) is 6.66. The van der Waals surface area contributed by atoms with Gasteiger partial charge in [0.25, 0.3) is 0 Å². The first-order valence-electron chi connectivity index (χ1n) is 7.76. The Morgan fingerprint density at radius 2 is 1.05 bits per heavy atom. The molecule has 1 nitrogen and oxygen atoms in total. The van der Waals surface area contributed by atoms with Gasteiger partial charge in [-0.25, -0.2) is 0 Å². The normalized spacial score (nSPS) is 19.8. The lowest BCUT2D eigenvalue weighted by Crippen LogP contribution is -2.18. The third-order valence-corrected chi connectivity index (χ3v) is 6.11. The minimum absolute atomic E-state index is 0.344. The minimum Gasteiger partial charge on any atom is -0.324 e. The maximum Gasteiger partial charge on any atom is 0.0853 e. The topological polar surface area (TPSA) is 17.1 Å². The van der Waals surface area contributed by atoms with Crippen molar-refractivity contribution in [3.8, 4) is 0 Å². The predicted octanol–water partition coefficient (Wildman–Crippen LogP) is 6.12. The second kappa shape index (κ2) is 6.79. The molecule has 0 radical (unpaired) electrons. The molecule has 0 aliphatic rings. The Bertz CT molecular complexity index is 278. The fraction of sp³-hybridized carbons (Fsp3) is 1.00. The zero-order chi connectivity index (χ0) is 15.5. The molecule has 0 N–H and O–H groups in total. The van der Waals surface area contributed by atoms with Crippen LogP contribution in [-0.2, 0) is 4.57 Å². The Balaban J connectivity index is 4.36. The van der Waals surface area contributed by atoms with Crippen LogP contribution in [0, 0.1) is 22.7 Å². The van der Waals surface area contributed by atoms with Crippen molar-refractivity contribution >= 4 is 7.14 Å². The van der Waals surface area contributed by atoms with Gasteiger partial charge in [-0.3, -0.25) is 0 Å². The number of hydrogen-bond acceptors (Lipinski definition) is 1. The molecule has 0 heterocycles. The van der Waals surface area contributed by atoms with E-state index < -0.39 is 7.14 Å². The lowest BCUT2D eigenvalue weighted by atomic mass is 9.86. The van der Waals surface area contributed by atoms with Gasteiger partial charge >= 0.3 is 0 Å². The maximum absolute atomic E-state index is 12.8. The Kier molecular flexibility index (Phi) is 6.87. The molecule has 19 heavy (non-hydrogen) atoms. The third kappa shape index (κ3) is 11.7. The zero-order valence-corrected chi connectivity index (χ0v) is 15.7. The highest BCUT2D eigenvalue weighted by Gasteiger charge is 2.26. The summed E-state index contributed by atoms with van der Waals surface area (Å²) in [6.45, 7) is 20.2. The first-order valence-corrected chi connectivity index (χ1v) is 10.3. The molecule has 2 unspecified atom stereocenters. The largest absolute Gasteiger partial charge is 0.324 e. The smallest absolute Gasteiger partial charge is 0.0853 e. The molecule has 0 aromatic rings. The van der Waals surface area contributed by atoms with Crippen LogP contribution in [-0.4, -0.2) is 19.0 Å². The molecule has 2 atom stereocenters. The molecule has 2 heteroatoms. The molecule has 0 saturated heterocycles. The summed E-state index contributed by atoms with van der Waals surface area (Å²) >= 11 is 0. The molecular formula is C17H37OP. The van der Waals surface area contributed by atoms with Crippen LogP contribution in [0.3, 0.4) is 0 Å². The first kappa shape index (κ1) is 19.2. The van der Waals surface area contributed by atoms with E-state index in [1.54, 1.807) is 0 Å². The van der Waals surface area contributed by atoms with E-state index in [0.717, 1.165) is 12.3 Å². The van der Waals surface area contributed by atoms with Crippen molar-refractivity contribution < 1.29 is 4.57 Å². The van der Waals surface area contributed by atoms with Crippen molar-refractivity contribution in [3.63, 3.8) is 0 Å². The Morgan fingerprint density at radius 1 is 0.789 bits per heavy atom. The van der Waals surface area contributed by atoms with E-state index in [4.69, 9.17) is 0 Å². The highest BCUT2D eigenvalue weighted by Crippen LogP contribution is 2.47. The summed E-state index contributed by atoms with van der Waals surface area (Å²) < 4.78 is 12.8. The van der Waals surface area contributed by atoms with E-state index in [0.29, 0.717) is 22.7 Å². The SMILES string of the molecule is CC(CC(C)(C)C)CP(C)(=O)CC(C)CC(C)(C)C. The monoisotopic (exact) mass is 288 g/mol. The zero-order valence-electron chi connectivity index (χ0n) is 14.8. The molecule has 0 aromatic carbocycles. The van der Waals surface area contributed by atoms with Crippen molar-refractivity contribution in [1.29, 1.82) is 0 Å². The van der Waals surface area contributed by atoms with Gasteiger partial charge in [0.15, 0.2) is 0 Å². The third-order valence-electron chi connectivity index (χ3n) is 3.32. The van der Waals surface area contributed by atoms with E-state index in [1.807, 2.05) is 6.66 Å². The predicted molar refractivity (Wildman–Crippen MR) is 89.7 cm³/mol. The maximum atomic E-state index is 12.8. The lowest BCUT2D eigenvalue weighted by Gasteiger charge is -2.28. The fourth-order valence-electron chi connectivity index (χ4n) is 3.61. The second-order valence-corrected chi connectivity index (χ2v) is 12.7. The van der Waals surface area contributed by atoms with Gasteiger partial charge in [-0.1, -0.05) is 55.4 Å². The van der Waals surface area contributed by atoms with Crippen LogP contribution >= 0.6 is 7.14 Å². The van der Waals surface area contributed by atoms with Crippen molar-refractivity contribution in [2.75, 3.05) is 19.0 Å². The molecule has 0 saturated carbocycles. The summed E-state index contributed by atoms with van der Waals surface area (Å²) in [6.07, 6.45) is 4.16. The summed E-state index contributed by atoms with van der Waals surface area (Å²) in [7, 11) is -1.98. The molecule has 0 aliphatic carbocycles. The van der Waals surface area contributed by atoms with Crippen LogP contribution in [0.15, 0.2) is 0 Å². The molecule has 0 aromatic heterocycles. The quantitative estimate of drug-likeness (QED) is 0.538. The van der Waals surface area contributed by atoms with Gasteiger partial charge in [-0.15, -0.1) is 0 Å². The van der Waals surface area contributed by atoms with Crippen molar-refractivity contribution in [3.05, 3.63) is 0 Å². The molecule has 0 bridgehead atoms. The average molecular weight is 288 g/mol. The van der Waals surface area contributed by atoms with Gasteiger partial charge in [0.1, 0.15) is 0 Å². The average Bonchev–Trinajstić information content (AvgIpc) is 1.89. The van der Waals surface area contributed by atoms with E-state index >= 15 is 0 Å². The Hall–Kier alpha value is 0.230. The molecule has 0 spiro atoms. The van der Waals surface area contributed by atoms with E-state index in [9.17, 15) is 4.57 Å². The summed E-state index contributed by atoms with van der Waals surface area (Å²) in [4.78, 5) is 0. The number of rotatable bonds is 6. The van der Waals surface area contributed by atoms with Crippen LogP contribution in [0.4, 0.5) is 0 Å². The van der Waals surface area contributed by atoms with Gasteiger partial charge in [0.2, 0.25) is 0 Å². The van der Waals surface area contributed by atoms with Gasteiger partial charge in [0, 0.05) is 12.3 Å². The highest BCUT2D eigenvalue weighted by molar-refractivity contribution is 7.63. The highest BCUT2D eigenvalue weighted by atomic mass is 31.2.